The van der Waals surface area contributed by atoms with Crippen molar-refractivity contribution in [2.24, 2.45) is 17.8 Å². The van der Waals surface area contributed by atoms with Gasteiger partial charge in [0.15, 0.2) is 0 Å². The van der Waals surface area contributed by atoms with E-state index in [1.54, 1.807) is 14.2 Å². The van der Waals surface area contributed by atoms with E-state index in [-0.39, 0.29) is 12.2 Å². The summed E-state index contributed by atoms with van der Waals surface area (Å²) in [4.78, 5) is 0. The van der Waals surface area contributed by atoms with Gasteiger partial charge in [-0.25, -0.2) is 0 Å². The Morgan fingerprint density at radius 1 is 0.958 bits per heavy atom. The lowest BCUT2D eigenvalue weighted by molar-refractivity contribution is -0.179. The summed E-state index contributed by atoms with van der Waals surface area (Å²) < 4.78 is 22.8. The standard InChI is InChI=1S/C20H32O4/c1-14-7-8-17-11-16(14)10-9-15-5-4-6-18(23-12-21-2)19(15)20(17)24-13-22-3/h7,10,15,17-20H,4-6,8-9,11-13H2,1-3H3/b16-10+/t15-,17?,18+,19?,20?/m1/s1. The van der Waals surface area contributed by atoms with Gasteiger partial charge in [0.05, 0.1) is 12.2 Å². The quantitative estimate of drug-likeness (QED) is 0.685. The normalized spacial score (nSPS) is 38.4. The lowest BCUT2D eigenvalue weighted by Crippen LogP contribution is -2.48. The zero-order valence-electron chi connectivity index (χ0n) is 15.3. The molecule has 0 amide bonds. The summed E-state index contributed by atoms with van der Waals surface area (Å²) in [7, 11) is 3.40. The first-order valence-electron chi connectivity index (χ1n) is 9.31. The molecule has 2 bridgehead atoms. The Hall–Kier alpha value is -0.680. The van der Waals surface area contributed by atoms with Crippen molar-refractivity contribution in [3.05, 3.63) is 23.3 Å². The van der Waals surface area contributed by atoms with Crippen molar-refractivity contribution >= 4 is 0 Å². The van der Waals surface area contributed by atoms with E-state index >= 15 is 0 Å². The highest BCUT2D eigenvalue weighted by Gasteiger charge is 2.44. The molecule has 136 valence electrons. The van der Waals surface area contributed by atoms with E-state index < -0.39 is 0 Å². The highest BCUT2D eigenvalue weighted by atomic mass is 16.7. The Balaban J connectivity index is 1.87. The van der Waals surface area contributed by atoms with Gasteiger partial charge in [0, 0.05) is 20.1 Å². The van der Waals surface area contributed by atoms with Gasteiger partial charge in [0.25, 0.3) is 0 Å². The van der Waals surface area contributed by atoms with Crippen LogP contribution in [0.2, 0.25) is 0 Å². The molecule has 24 heavy (non-hydrogen) atoms. The minimum absolute atomic E-state index is 0.199. The van der Waals surface area contributed by atoms with Crippen molar-refractivity contribution in [3.63, 3.8) is 0 Å². The summed E-state index contributed by atoms with van der Waals surface area (Å²) in [6, 6.07) is 0. The monoisotopic (exact) mass is 336 g/mol. The van der Waals surface area contributed by atoms with Crippen LogP contribution in [0.4, 0.5) is 0 Å². The van der Waals surface area contributed by atoms with Crippen LogP contribution >= 0.6 is 0 Å². The third kappa shape index (κ3) is 3.93. The molecule has 1 fully saturated rings. The third-order valence-electron chi connectivity index (χ3n) is 6.04. The van der Waals surface area contributed by atoms with Gasteiger partial charge in [-0.2, -0.15) is 0 Å². The lowest BCUT2D eigenvalue weighted by atomic mass is 9.65. The molecular weight excluding hydrogens is 304 g/mol. The van der Waals surface area contributed by atoms with Crippen LogP contribution in [0.5, 0.6) is 0 Å². The maximum absolute atomic E-state index is 6.27. The molecule has 4 heteroatoms. The summed E-state index contributed by atoms with van der Waals surface area (Å²) in [6.07, 6.45) is 12.3. The minimum atomic E-state index is 0.199. The number of ether oxygens (including phenoxy) is 4. The van der Waals surface area contributed by atoms with Crippen molar-refractivity contribution in [3.8, 4) is 0 Å². The Bertz CT molecular complexity index is 470. The summed E-state index contributed by atoms with van der Waals surface area (Å²) >= 11 is 0. The van der Waals surface area contributed by atoms with Crippen molar-refractivity contribution < 1.29 is 18.9 Å². The molecule has 3 aliphatic carbocycles. The van der Waals surface area contributed by atoms with Gasteiger partial charge in [0.2, 0.25) is 0 Å². The van der Waals surface area contributed by atoms with Crippen LogP contribution in [0.3, 0.4) is 0 Å². The van der Waals surface area contributed by atoms with E-state index in [4.69, 9.17) is 18.9 Å². The highest BCUT2D eigenvalue weighted by Crippen LogP contribution is 2.45. The van der Waals surface area contributed by atoms with Gasteiger partial charge in [-0.05, 0) is 56.4 Å². The fourth-order valence-corrected chi connectivity index (χ4v) is 4.86. The van der Waals surface area contributed by atoms with E-state index in [1.165, 1.54) is 24.0 Å². The molecule has 0 heterocycles. The minimum Gasteiger partial charge on any atom is -0.359 e. The molecule has 3 unspecified atom stereocenters. The molecular formula is C20H32O4. The average molecular weight is 336 g/mol. The number of rotatable bonds is 6. The summed E-state index contributed by atoms with van der Waals surface area (Å²) in [5.74, 6) is 1.58. The first-order chi connectivity index (χ1) is 11.7. The topological polar surface area (TPSA) is 36.9 Å². The van der Waals surface area contributed by atoms with Crippen molar-refractivity contribution in [2.45, 2.75) is 57.7 Å². The molecule has 3 aliphatic rings. The Labute approximate surface area is 146 Å². The van der Waals surface area contributed by atoms with Gasteiger partial charge in [-0.15, -0.1) is 0 Å². The van der Waals surface area contributed by atoms with Gasteiger partial charge >= 0.3 is 0 Å². The second-order valence-corrected chi connectivity index (χ2v) is 7.47. The van der Waals surface area contributed by atoms with Gasteiger partial charge in [-0.1, -0.05) is 24.1 Å². The molecule has 0 N–H and O–H groups in total. The van der Waals surface area contributed by atoms with E-state index in [1.807, 2.05) is 0 Å². The fourth-order valence-electron chi connectivity index (χ4n) is 4.86. The molecule has 0 aliphatic heterocycles. The Morgan fingerprint density at radius 3 is 2.50 bits per heavy atom. The van der Waals surface area contributed by atoms with Crippen molar-refractivity contribution in [1.82, 2.24) is 0 Å². The number of allylic oxidation sites excluding steroid dienone is 4. The van der Waals surface area contributed by atoms with Crippen LogP contribution < -0.4 is 0 Å². The zero-order valence-corrected chi connectivity index (χ0v) is 15.3. The molecule has 1 saturated carbocycles. The predicted molar refractivity (Wildman–Crippen MR) is 93.5 cm³/mol. The average Bonchev–Trinajstić information content (AvgIpc) is 2.59. The maximum atomic E-state index is 6.27. The Morgan fingerprint density at radius 2 is 1.71 bits per heavy atom. The molecule has 4 nitrogen and oxygen atoms in total. The molecule has 5 atom stereocenters. The van der Waals surface area contributed by atoms with Gasteiger partial charge in [0.1, 0.15) is 13.6 Å². The van der Waals surface area contributed by atoms with Crippen LogP contribution in [-0.4, -0.2) is 40.0 Å². The van der Waals surface area contributed by atoms with Crippen molar-refractivity contribution in [1.29, 1.82) is 0 Å². The van der Waals surface area contributed by atoms with E-state index in [0.29, 0.717) is 31.3 Å². The van der Waals surface area contributed by atoms with E-state index in [2.05, 4.69) is 19.1 Å². The lowest BCUT2D eigenvalue weighted by Gasteiger charge is -2.46. The van der Waals surface area contributed by atoms with E-state index in [0.717, 1.165) is 25.7 Å². The number of fused-ring (bicyclic) bond motifs is 3. The SMILES string of the molecule is COCOC1C2CC=C(C)/C(=C/C[C@H]3CCC[C@H](OCOC)C13)C2. The molecule has 0 spiro atoms. The number of hydrogen-bond donors (Lipinski definition) is 0. The third-order valence-corrected chi connectivity index (χ3v) is 6.04. The molecule has 0 aromatic rings. The van der Waals surface area contributed by atoms with Crippen LogP contribution in [0, 0.1) is 17.8 Å². The Kier molecular flexibility index (Phi) is 6.50. The highest BCUT2D eigenvalue weighted by molar-refractivity contribution is 5.33. The first-order valence-corrected chi connectivity index (χ1v) is 9.31. The van der Waals surface area contributed by atoms with Crippen LogP contribution in [-0.2, 0) is 18.9 Å². The largest absolute Gasteiger partial charge is 0.359 e. The van der Waals surface area contributed by atoms with Gasteiger partial charge < -0.3 is 18.9 Å². The van der Waals surface area contributed by atoms with E-state index in [9.17, 15) is 0 Å². The van der Waals surface area contributed by atoms with Crippen LogP contribution in [0.15, 0.2) is 23.3 Å². The molecule has 0 aromatic heterocycles. The zero-order chi connectivity index (χ0) is 16.9. The maximum Gasteiger partial charge on any atom is 0.146 e. The smallest absolute Gasteiger partial charge is 0.146 e. The molecule has 3 rings (SSSR count). The predicted octanol–water partition coefficient (Wildman–Crippen LogP) is 4.07. The summed E-state index contributed by atoms with van der Waals surface area (Å²) in [6.45, 7) is 2.98. The second kappa shape index (κ2) is 8.61. The number of methoxy groups -OCH3 is 2. The van der Waals surface area contributed by atoms with Crippen LogP contribution in [0.25, 0.3) is 0 Å². The molecule has 0 saturated heterocycles. The number of hydrogen-bond acceptors (Lipinski definition) is 4. The fraction of sp³-hybridized carbons (Fsp3) is 0.800. The van der Waals surface area contributed by atoms with Gasteiger partial charge in [-0.3, -0.25) is 0 Å². The molecule has 0 radical (unpaired) electrons. The summed E-state index contributed by atoms with van der Waals surface area (Å²) in [5, 5.41) is 0. The first kappa shape index (κ1) is 18.1. The second-order valence-electron chi connectivity index (χ2n) is 7.47. The summed E-state index contributed by atoms with van der Waals surface area (Å²) in [5.41, 5.74) is 2.98. The van der Waals surface area contributed by atoms with Crippen molar-refractivity contribution in [2.75, 3.05) is 27.8 Å². The molecule has 0 aromatic carbocycles. The van der Waals surface area contributed by atoms with Crippen LogP contribution in [0.1, 0.15) is 45.4 Å².